The monoisotopic (exact) mass is 1080 g/mol. The van der Waals surface area contributed by atoms with E-state index in [2.05, 4.69) is 285 Å². The van der Waals surface area contributed by atoms with Gasteiger partial charge in [-0.05, 0) is 117 Å². The molecule has 85 heavy (non-hydrogen) atoms. The van der Waals surface area contributed by atoms with Crippen molar-refractivity contribution in [3.8, 4) is 129 Å². The van der Waals surface area contributed by atoms with Crippen LogP contribution in [0.3, 0.4) is 0 Å². The number of nitrogens with zero attached hydrogens (tertiary/aromatic N) is 4. The summed E-state index contributed by atoms with van der Waals surface area (Å²) in [5.74, 6) is 0.704. The van der Waals surface area contributed by atoms with Gasteiger partial charge in [0, 0.05) is 49.7 Å². The predicted octanol–water partition coefficient (Wildman–Crippen LogP) is 21.2. The van der Waals surface area contributed by atoms with Gasteiger partial charge in [-0.2, -0.15) is 10.5 Å². The minimum atomic E-state index is 0.563. The molecule has 0 amide bonds. The van der Waals surface area contributed by atoms with Crippen LogP contribution < -0.4 is 0 Å². The van der Waals surface area contributed by atoms with Crippen LogP contribution in [0.15, 0.2) is 291 Å². The summed E-state index contributed by atoms with van der Waals surface area (Å²) in [4.78, 5) is 6.14. The molecule has 2 heterocycles. The molecule has 0 saturated carbocycles. The molecule has 4 heteroatoms. The molecule has 0 N–H and O–H groups in total. The van der Waals surface area contributed by atoms with E-state index in [-0.39, 0.29) is 0 Å². The second kappa shape index (κ2) is 22.1. The number of hydrogen-bond acceptors (Lipinski definition) is 3. The number of aromatic nitrogens is 2. The summed E-state index contributed by atoms with van der Waals surface area (Å²) in [5.41, 5.74) is 23.2. The predicted molar refractivity (Wildman–Crippen MR) is 352 cm³/mol. The number of pyridine rings is 1. The van der Waals surface area contributed by atoms with Crippen LogP contribution >= 0.6 is 0 Å². The van der Waals surface area contributed by atoms with Crippen molar-refractivity contribution in [3.05, 3.63) is 313 Å². The molecule has 14 rings (SSSR count). The van der Waals surface area contributed by atoms with Gasteiger partial charge in [0.25, 0.3) is 0 Å². The van der Waals surface area contributed by atoms with Gasteiger partial charge in [0.2, 0.25) is 0 Å². The van der Waals surface area contributed by atoms with E-state index in [1.165, 1.54) is 0 Å². The van der Waals surface area contributed by atoms with E-state index in [1.807, 2.05) is 36.4 Å². The number of benzene rings is 12. The maximum absolute atomic E-state index is 12.0. The third kappa shape index (κ3) is 9.17. The summed E-state index contributed by atoms with van der Waals surface area (Å²) in [7, 11) is 0. The Morgan fingerprint density at radius 1 is 0.271 bits per heavy atom. The first-order valence-electron chi connectivity index (χ1n) is 28.7. The van der Waals surface area contributed by atoms with Crippen molar-refractivity contribution in [2.75, 3.05) is 0 Å². The zero-order valence-electron chi connectivity index (χ0n) is 47.0. The molecule has 0 fully saturated rings. The number of rotatable bonds is 11. The first-order valence-corrected chi connectivity index (χ1v) is 28.7. The summed E-state index contributed by atoms with van der Waals surface area (Å²) >= 11 is 0. The van der Waals surface area contributed by atoms with E-state index in [1.54, 1.807) is 0 Å². The lowest BCUT2D eigenvalue weighted by Gasteiger charge is -2.28. The zero-order chi connectivity index (χ0) is 57.4. The zero-order valence-corrected chi connectivity index (χ0v) is 47.0. The van der Waals surface area contributed by atoms with Crippen LogP contribution in [-0.4, -0.2) is 9.55 Å². The molecule has 0 saturated heterocycles. The molecule has 14 aromatic rings. The van der Waals surface area contributed by atoms with Gasteiger partial charge < -0.3 is 0 Å². The van der Waals surface area contributed by atoms with E-state index >= 15 is 0 Å². The largest absolute Gasteiger partial charge is 0.294 e. The molecule has 2 aromatic heterocycles. The Kier molecular flexibility index (Phi) is 13.5. The Morgan fingerprint density at radius 2 is 0.529 bits per heavy atom. The highest BCUT2D eigenvalue weighted by molar-refractivity contribution is 6.14. The topological polar surface area (TPSA) is 65.4 Å². The van der Waals surface area contributed by atoms with Crippen LogP contribution in [0.25, 0.3) is 139 Å². The lowest BCUT2D eigenvalue weighted by molar-refractivity contribution is 1.08. The fourth-order valence-corrected chi connectivity index (χ4v) is 12.8. The standard InChI is InChI=1S/C81H54N4/c1-53-43-45-69-64(47-53)65-48-54(2)44-46-70(65)85(69)71-50-63(80-76(59-35-19-7-20-36-59)72(55-27-11-3-12-28-55)66(51-82)73(56-29-13-4-14-30-56)77(80)60-37-21-8-22-38-60)49-68(84-71)81-78(61-39-23-9-24-40-61)74(57-31-15-5-16-32-57)67(52-83)75(58-33-17-6-18-34-58)79(81)62-41-25-10-26-42-62/h3-50H,1-2H3. The van der Waals surface area contributed by atoms with Crippen molar-refractivity contribution < 1.29 is 0 Å². The molecule has 398 valence electrons. The number of fused-ring (bicyclic) bond motifs is 3. The highest BCUT2D eigenvalue weighted by Gasteiger charge is 2.33. The van der Waals surface area contributed by atoms with Crippen molar-refractivity contribution in [1.29, 1.82) is 10.5 Å². The van der Waals surface area contributed by atoms with E-state index in [0.29, 0.717) is 22.6 Å². The molecule has 0 spiro atoms. The minimum absolute atomic E-state index is 0.563. The van der Waals surface area contributed by atoms with Gasteiger partial charge in [0.05, 0.1) is 27.9 Å². The van der Waals surface area contributed by atoms with Crippen molar-refractivity contribution in [1.82, 2.24) is 9.55 Å². The number of nitriles is 2. The average Bonchev–Trinajstić information content (AvgIpc) is 2.51. The molecule has 0 radical (unpaired) electrons. The van der Waals surface area contributed by atoms with Crippen LogP contribution in [-0.2, 0) is 0 Å². The molecule has 0 aliphatic rings. The Morgan fingerprint density at radius 3 is 0.812 bits per heavy atom. The summed E-state index contributed by atoms with van der Waals surface area (Å²) in [6, 6.07) is 107. The third-order valence-corrected chi connectivity index (χ3v) is 16.4. The minimum Gasteiger partial charge on any atom is -0.294 e. The van der Waals surface area contributed by atoms with Gasteiger partial charge in [0.1, 0.15) is 18.0 Å². The first kappa shape index (κ1) is 51.7. The quantitative estimate of drug-likeness (QED) is 0.130. The van der Waals surface area contributed by atoms with E-state index in [0.717, 1.165) is 139 Å². The summed E-state index contributed by atoms with van der Waals surface area (Å²) in [6.07, 6.45) is 0. The lowest BCUT2D eigenvalue weighted by atomic mass is 9.75. The molecule has 0 aliphatic carbocycles. The van der Waals surface area contributed by atoms with E-state index < -0.39 is 0 Å². The second-order valence-corrected chi connectivity index (χ2v) is 21.6. The Balaban J connectivity index is 1.28. The molecular weight excluding hydrogens is 1030 g/mol. The third-order valence-electron chi connectivity index (χ3n) is 16.4. The number of hydrogen-bond donors (Lipinski definition) is 0. The molecule has 0 unspecified atom stereocenters. The Hall–Kier alpha value is -11.4. The van der Waals surface area contributed by atoms with Gasteiger partial charge in [-0.1, -0.05) is 266 Å². The Bertz CT molecular complexity index is 4390. The maximum Gasteiger partial charge on any atom is 0.138 e. The smallest absolute Gasteiger partial charge is 0.138 e. The highest BCUT2D eigenvalue weighted by Crippen LogP contribution is 2.56. The fourth-order valence-electron chi connectivity index (χ4n) is 12.8. The summed E-state index contributed by atoms with van der Waals surface area (Å²) in [6.45, 7) is 4.31. The fraction of sp³-hybridized carbons (Fsp3) is 0.0247. The molecular formula is C81H54N4. The lowest BCUT2D eigenvalue weighted by Crippen LogP contribution is -2.06. The van der Waals surface area contributed by atoms with Crippen molar-refractivity contribution in [2.45, 2.75) is 13.8 Å². The van der Waals surface area contributed by atoms with Gasteiger partial charge in [0.15, 0.2) is 0 Å². The number of aryl methyl sites for hydroxylation is 2. The highest BCUT2D eigenvalue weighted by atomic mass is 15.1. The summed E-state index contributed by atoms with van der Waals surface area (Å²) < 4.78 is 2.34. The second-order valence-electron chi connectivity index (χ2n) is 21.6. The van der Waals surface area contributed by atoms with Gasteiger partial charge in [-0.15, -0.1) is 0 Å². The van der Waals surface area contributed by atoms with Gasteiger partial charge >= 0.3 is 0 Å². The normalized spacial score (nSPS) is 11.2. The maximum atomic E-state index is 12.0. The van der Waals surface area contributed by atoms with E-state index in [9.17, 15) is 10.5 Å². The van der Waals surface area contributed by atoms with Gasteiger partial charge in [-0.25, -0.2) is 4.98 Å². The SMILES string of the molecule is Cc1ccc2c(c1)c1cc(C)ccc1n2-c1cc(-c2c(-c3ccccc3)c(-c3ccccc3)c(C#N)c(-c3ccccc3)c2-c2ccccc2)cc(-c2c(-c3ccccc3)c(-c3ccccc3)c(C#N)c(-c3ccccc3)c2-c2ccccc2)n1. The van der Waals surface area contributed by atoms with Crippen LogP contribution in [0.5, 0.6) is 0 Å². The van der Waals surface area contributed by atoms with Crippen molar-refractivity contribution >= 4 is 21.8 Å². The average molecular weight is 1080 g/mol. The first-order chi connectivity index (χ1) is 42.0. The molecule has 0 atom stereocenters. The van der Waals surface area contributed by atoms with Crippen LogP contribution in [0, 0.1) is 36.5 Å². The van der Waals surface area contributed by atoms with Crippen LogP contribution in [0.1, 0.15) is 22.3 Å². The summed E-state index contributed by atoms with van der Waals surface area (Å²) in [5, 5.41) is 26.3. The molecule has 4 nitrogen and oxygen atoms in total. The van der Waals surface area contributed by atoms with Crippen molar-refractivity contribution in [3.63, 3.8) is 0 Å². The molecule has 0 aliphatic heterocycles. The van der Waals surface area contributed by atoms with Crippen LogP contribution in [0.4, 0.5) is 0 Å². The Labute approximate surface area is 495 Å². The van der Waals surface area contributed by atoms with Crippen molar-refractivity contribution in [2.24, 2.45) is 0 Å². The molecule has 0 bridgehead atoms. The van der Waals surface area contributed by atoms with Gasteiger partial charge in [-0.3, -0.25) is 4.57 Å². The van der Waals surface area contributed by atoms with E-state index in [4.69, 9.17) is 4.98 Å². The van der Waals surface area contributed by atoms with Crippen LogP contribution in [0.2, 0.25) is 0 Å². The molecule has 12 aromatic carbocycles.